The molecule has 1 saturated heterocycles. The summed E-state index contributed by atoms with van der Waals surface area (Å²) in [5.41, 5.74) is 5.74. The molecule has 1 aromatic carbocycles. The fourth-order valence-corrected chi connectivity index (χ4v) is 2.33. The standard InChI is InChI=1S/C15H22FN3O2/c1-15(2,3)21-14(20)13-9-18-6-7-19(13)12-5-4-10(17)8-11(12)16/h4-5,8,13,18H,6-7,9,17H2,1-3H3. The van der Waals surface area contributed by atoms with Crippen molar-refractivity contribution in [2.45, 2.75) is 32.4 Å². The van der Waals surface area contributed by atoms with Gasteiger partial charge in [-0.15, -0.1) is 0 Å². The van der Waals surface area contributed by atoms with Crippen molar-refractivity contribution >= 4 is 17.3 Å². The summed E-state index contributed by atoms with van der Waals surface area (Å²) in [5.74, 6) is -0.781. The Hall–Kier alpha value is -1.82. The van der Waals surface area contributed by atoms with Gasteiger partial charge in [0.05, 0.1) is 5.69 Å². The van der Waals surface area contributed by atoms with Gasteiger partial charge in [0.25, 0.3) is 0 Å². The van der Waals surface area contributed by atoms with Gasteiger partial charge in [0, 0.05) is 25.3 Å². The predicted molar refractivity (Wildman–Crippen MR) is 80.7 cm³/mol. The molecule has 0 bridgehead atoms. The van der Waals surface area contributed by atoms with Crippen LogP contribution >= 0.6 is 0 Å². The van der Waals surface area contributed by atoms with E-state index in [-0.39, 0.29) is 5.97 Å². The molecule has 0 aromatic heterocycles. The Morgan fingerprint density at radius 3 is 2.81 bits per heavy atom. The first kappa shape index (κ1) is 15.6. The van der Waals surface area contributed by atoms with Crippen LogP contribution in [0.2, 0.25) is 0 Å². The van der Waals surface area contributed by atoms with E-state index in [2.05, 4.69) is 5.32 Å². The monoisotopic (exact) mass is 295 g/mol. The van der Waals surface area contributed by atoms with Gasteiger partial charge in [-0.05, 0) is 39.0 Å². The van der Waals surface area contributed by atoms with Gasteiger partial charge >= 0.3 is 5.97 Å². The molecule has 1 fully saturated rings. The number of halogens is 1. The van der Waals surface area contributed by atoms with Gasteiger partial charge in [0.1, 0.15) is 17.5 Å². The summed E-state index contributed by atoms with van der Waals surface area (Å²) in [7, 11) is 0. The van der Waals surface area contributed by atoms with Gasteiger partial charge in [-0.2, -0.15) is 0 Å². The number of nitrogens with zero attached hydrogens (tertiary/aromatic N) is 1. The lowest BCUT2D eigenvalue weighted by Crippen LogP contribution is -2.56. The van der Waals surface area contributed by atoms with E-state index < -0.39 is 17.5 Å². The van der Waals surface area contributed by atoms with E-state index in [9.17, 15) is 9.18 Å². The van der Waals surface area contributed by atoms with Gasteiger partial charge in [-0.3, -0.25) is 0 Å². The SMILES string of the molecule is CC(C)(C)OC(=O)C1CNCCN1c1ccc(N)cc1F. The molecule has 1 aromatic rings. The maximum absolute atomic E-state index is 14.1. The van der Waals surface area contributed by atoms with Crippen LogP contribution < -0.4 is 16.0 Å². The normalized spacial score (nSPS) is 19.4. The molecule has 116 valence electrons. The van der Waals surface area contributed by atoms with Crippen LogP contribution in [0.1, 0.15) is 20.8 Å². The molecule has 21 heavy (non-hydrogen) atoms. The highest BCUT2D eigenvalue weighted by Gasteiger charge is 2.33. The summed E-state index contributed by atoms with van der Waals surface area (Å²) < 4.78 is 19.5. The lowest BCUT2D eigenvalue weighted by molar-refractivity contribution is -0.156. The van der Waals surface area contributed by atoms with Crippen LogP contribution in [0.3, 0.4) is 0 Å². The molecule has 1 atom stereocenters. The number of rotatable bonds is 2. The Morgan fingerprint density at radius 1 is 1.48 bits per heavy atom. The van der Waals surface area contributed by atoms with Crippen molar-refractivity contribution in [2.24, 2.45) is 0 Å². The van der Waals surface area contributed by atoms with Crippen molar-refractivity contribution in [3.05, 3.63) is 24.0 Å². The highest BCUT2D eigenvalue weighted by molar-refractivity contribution is 5.81. The third-order valence-corrected chi connectivity index (χ3v) is 3.20. The van der Waals surface area contributed by atoms with Crippen LogP contribution in [0.15, 0.2) is 18.2 Å². The molecule has 0 saturated carbocycles. The molecule has 1 aliphatic heterocycles. The second-order valence-corrected chi connectivity index (χ2v) is 6.16. The Labute approximate surface area is 124 Å². The smallest absolute Gasteiger partial charge is 0.330 e. The number of esters is 1. The number of ether oxygens (including phenoxy) is 1. The van der Waals surface area contributed by atoms with Crippen molar-refractivity contribution < 1.29 is 13.9 Å². The Balaban J connectivity index is 2.24. The molecule has 1 heterocycles. The molecule has 3 N–H and O–H groups in total. The first-order chi connectivity index (χ1) is 9.78. The minimum atomic E-state index is -0.570. The van der Waals surface area contributed by atoms with Gasteiger partial charge in [-0.25, -0.2) is 9.18 Å². The van der Waals surface area contributed by atoms with E-state index in [1.807, 2.05) is 20.8 Å². The molecule has 1 unspecified atom stereocenters. The van der Waals surface area contributed by atoms with Crippen LogP contribution in [0.5, 0.6) is 0 Å². The molecular weight excluding hydrogens is 273 g/mol. The van der Waals surface area contributed by atoms with Crippen molar-refractivity contribution in [3.63, 3.8) is 0 Å². The second kappa shape index (κ2) is 5.89. The molecular formula is C15H22FN3O2. The fraction of sp³-hybridized carbons (Fsp3) is 0.533. The summed E-state index contributed by atoms with van der Waals surface area (Å²) in [5, 5.41) is 3.14. The Morgan fingerprint density at radius 2 is 2.19 bits per heavy atom. The number of carbonyl (C=O) groups excluding carboxylic acids is 1. The zero-order chi connectivity index (χ0) is 15.6. The van der Waals surface area contributed by atoms with E-state index in [1.165, 1.54) is 6.07 Å². The highest BCUT2D eigenvalue weighted by Crippen LogP contribution is 2.25. The molecule has 0 aliphatic carbocycles. The van der Waals surface area contributed by atoms with Gasteiger partial charge in [0.2, 0.25) is 0 Å². The minimum Gasteiger partial charge on any atom is -0.458 e. The summed E-state index contributed by atoms with van der Waals surface area (Å²) in [6, 6.07) is 3.96. The van der Waals surface area contributed by atoms with Gasteiger partial charge in [-0.1, -0.05) is 0 Å². The molecule has 0 radical (unpaired) electrons. The van der Waals surface area contributed by atoms with E-state index in [4.69, 9.17) is 10.5 Å². The lowest BCUT2D eigenvalue weighted by atomic mass is 10.1. The van der Waals surface area contributed by atoms with Crippen LogP contribution in [-0.2, 0) is 9.53 Å². The first-order valence-electron chi connectivity index (χ1n) is 7.03. The van der Waals surface area contributed by atoms with Crippen molar-refractivity contribution in [1.82, 2.24) is 5.32 Å². The number of piperazine rings is 1. The van der Waals surface area contributed by atoms with Crippen LogP contribution in [0.4, 0.5) is 15.8 Å². The van der Waals surface area contributed by atoms with E-state index in [1.54, 1.807) is 17.0 Å². The average Bonchev–Trinajstić information content (AvgIpc) is 2.37. The number of benzene rings is 1. The zero-order valence-electron chi connectivity index (χ0n) is 12.6. The molecule has 0 amide bonds. The topological polar surface area (TPSA) is 67.6 Å². The van der Waals surface area contributed by atoms with Crippen molar-refractivity contribution in [1.29, 1.82) is 0 Å². The molecule has 0 spiro atoms. The third-order valence-electron chi connectivity index (χ3n) is 3.20. The molecule has 6 heteroatoms. The van der Waals surface area contributed by atoms with Crippen LogP contribution in [0, 0.1) is 5.82 Å². The van der Waals surface area contributed by atoms with E-state index in [0.29, 0.717) is 31.0 Å². The maximum Gasteiger partial charge on any atom is 0.330 e. The largest absolute Gasteiger partial charge is 0.458 e. The second-order valence-electron chi connectivity index (χ2n) is 6.16. The van der Waals surface area contributed by atoms with Gasteiger partial charge in [0.15, 0.2) is 0 Å². The van der Waals surface area contributed by atoms with Gasteiger partial charge < -0.3 is 20.7 Å². The third kappa shape index (κ3) is 3.85. The number of hydrogen-bond acceptors (Lipinski definition) is 5. The fourth-order valence-electron chi connectivity index (χ4n) is 2.33. The summed E-state index contributed by atoms with van der Waals surface area (Å²) >= 11 is 0. The average molecular weight is 295 g/mol. The highest BCUT2D eigenvalue weighted by atomic mass is 19.1. The number of nitrogen functional groups attached to an aromatic ring is 1. The molecule has 1 aliphatic rings. The Bertz CT molecular complexity index is 528. The molecule has 5 nitrogen and oxygen atoms in total. The predicted octanol–water partition coefficient (Wildman–Crippen LogP) is 1.53. The summed E-state index contributed by atoms with van der Waals surface area (Å²) in [6.07, 6.45) is 0. The van der Waals surface area contributed by atoms with Crippen LogP contribution in [-0.4, -0.2) is 37.2 Å². The minimum absolute atomic E-state index is 0.356. The molecule has 2 rings (SSSR count). The Kier molecular flexibility index (Phi) is 4.37. The van der Waals surface area contributed by atoms with Crippen LogP contribution in [0.25, 0.3) is 0 Å². The van der Waals surface area contributed by atoms with Crippen molar-refractivity contribution in [2.75, 3.05) is 30.3 Å². The van der Waals surface area contributed by atoms with E-state index in [0.717, 1.165) is 0 Å². The number of hydrogen-bond donors (Lipinski definition) is 2. The number of anilines is 2. The lowest BCUT2D eigenvalue weighted by Gasteiger charge is -2.37. The zero-order valence-corrected chi connectivity index (χ0v) is 12.6. The van der Waals surface area contributed by atoms with Crippen molar-refractivity contribution in [3.8, 4) is 0 Å². The number of carbonyl (C=O) groups is 1. The maximum atomic E-state index is 14.1. The number of nitrogens with two attached hydrogens (primary N) is 1. The summed E-state index contributed by atoms with van der Waals surface area (Å²) in [4.78, 5) is 14.1. The quantitative estimate of drug-likeness (QED) is 0.640. The summed E-state index contributed by atoms with van der Waals surface area (Å²) in [6.45, 7) is 7.09. The number of nitrogens with one attached hydrogen (secondary N) is 1. The first-order valence-corrected chi connectivity index (χ1v) is 7.03. The van der Waals surface area contributed by atoms with E-state index >= 15 is 0 Å².